The second-order valence-electron chi connectivity index (χ2n) is 7.94. The standard InChI is InChI=1S/C25H25BrClN5O4/c1-15-24(16(2)32(29-15)13-17-5-7-22(34-3)23(11-17)35-4)28-25(33)20-9-10-31(30-20)14-36-21-8-6-18(26)12-19(21)27/h5-12H,13-14H2,1-4H3,(H,28,33). The van der Waals surface area contributed by atoms with Crippen LogP contribution in [0, 0.1) is 13.8 Å². The van der Waals surface area contributed by atoms with Gasteiger partial charge in [-0.3, -0.25) is 9.48 Å². The fraction of sp³-hybridized carbons (Fsp3) is 0.240. The highest BCUT2D eigenvalue weighted by atomic mass is 79.9. The third-order valence-corrected chi connectivity index (χ3v) is 6.31. The molecule has 0 unspecified atom stereocenters. The maximum absolute atomic E-state index is 12.9. The van der Waals surface area contributed by atoms with Gasteiger partial charge in [0.1, 0.15) is 5.75 Å². The molecule has 9 nitrogen and oxygen atoms in total. The number of halogens is 2. The van der Waals surface area contributed by atoms with Crippen LogP contribution in [-0.2, 0) is 13.3 Å². The normalized spacial score (nSPS) is 10.8. The van der Waals surface area contributed by atoms with E-state index in [1.165, 1.54) is 4.68 Å². The molecule has 0 fully saturated rings. The van der Waals surface area contributed by atoms with E-state index in [0.29, 0.717) is 40.2 Å². The van der Waals surface area contributed by atoms with Gasteiger partial charge < -0.3 is 19.5 Å². The van der Waals surface area contributed by atoms with Crippen LogP contribution in [-0.4, -0.2) is 39.7 Å². The van der Waals surface area contributed by atoms with Crippen LogP contribution in [0.4, 0.5) is 5.69 Å². The second kappa shape index (κ2) is 11.0. The maximum atomic E-state index is 12.9. The van der Waals surface area contributed by atoms with Crippen molar-refractivity contribution in [1.29, 1.82) is 0 Å². The van der Waals surface area contributed by atoms with Crippen molar-refractivity contribution >= 4 is 39.1 Å². The van der Waals surface area contributed by atoms with Crippen LogP contribution in [0.5, 0.6) is 17.2 Å². The number of carbonyl (C=O) groups is 1. The SMILES string of the molecule is COc1ccc(Cn2nc(C)c(NC(=O)c3ccn(COc4ccc(Br)cc4Cl)n3)c2C)cc1OC. The van der Waals surface area contributed by atoms with Gasteiger partial charge in [0.25, 0.3) is 5.91 Å². The molecule has 0 saturated heterocycles. The van der Waals surface area contributed by atoms with E-state index < -0.39 is 0 Å². The Labute approximate surface area is 222 Å². The number of carbonyl (C=O) groups excluding carboxylic acids is 1. The van der Waals surface area contributed by atoms with Crippen LogP contribution in [0.1, 0.15) is 27.4 Å². The molecule has 1 amide bonds. The molecule has 4 rings (SSSR count). The van der Waals surface area contributed by atoms with Crippen molar-refractivity contribution < 1.29 is 19.0 Å². The van der Waals surface area contributed by atoms with Gasteiger partial charge in [0, 0.05) is 10.7 Å². The second-order valence-corrected chi connectivity index (χ2v) is 9.26. The quantitative estimate of drug-likeness (QED) is 0.285. The van der Waals surface area contributed by atoms with Crippen molar-refractivity contribution in [2.45, 2.75) is 27.1 Å². The van der Waals surface area contributed by atoms with E-state index in [1.807, 2.05) is 42.8 Å². The van der Waals surface area contributed by atoms with Crippen molar-refractivity contribution in [2.75, 3.05) is 19.5 Å². The number of hydrogen-bond donors (Lipinski definition) is 1. The van der Waals surface area contributed by atoms with Crippen LogP contribution in [0.25, 0.3) is 0 Å². The third kappa shape index (κ3) is 5.66. The minimum Gasteiger partial charge on any atom is -0.493 e. The van der Waals surface area contributed by atoms with Gasteiger partial charge in [0.15, 0.2) is 23.9 Å². The summed E-state index contributed by atoms with van der Waals surface area (Å²) >= 11 is 9.54. The molecule has 0 spiro atoms. The Kier molecular flexibility index (Phi) is 7.85. The number of hydrogen-bond acceptors (Lipinski definition) is 6. The van der Waals surface area contributed by atoms with Crippen molar-refractivity contribution in [3.63, 3.8) is 0 Å². The van der Waals surface area contributed by atoms with Crippen LogP contribution in [0.2, 0.25) is 5.02 Å². The fourth-order valence-electron chi connectivity index (χ4n) is 3.64. The number of ether oxygens (including phenoxy) is 3. The van der Waals surface area contributed by atoms with Gasteiger partial charge in [-0.25, -0.2) is 4.68 Å². The summed E-state index contributed by atoms with van der Waals surface area (Å²) in [4.78, 5) is 12.9. The molecule has 11 heteroatoms. The summed E-state index contributed by atoms with van der Waals surface area (Å²) in [6.07, 6.45) is 1.67. The van der Waals surface area contributed by atoms with Crippen LogP contribution in [0.15, 0.2) is 53.1 Å². The fourth-order valence-corrected chi connectivity index (χ4v) is 4.37. The first-order chi connectivity index (χ1) is 17.3. The first-order valence-corrected chi connectivity index (χ1v) is 12.1. The van der Waals surface area contributed by atoms with E-state index in [2.05, 4.69) is 31.4 Å². The van der Waals surface area contributed by atoms with Crippen LogP contribution in [0.3, 0.4) is 0 Å². The number of aromatic nitrogens is 4. The zero-order valence-corrected chi connectivity index (χ0v) is 22.6. The highest BCUT2D eigenvalue weighted by molar-refractivity contribution is 9.10. The minimum atomic E-state index is -0.340. The lowest BCUT2D eigenvalue weighted by Gasteiger charge is -2.11. The average molecular weight is 575 g/mol. The number of rotatable bonds is 9. The van der Waals surface area contributed by atoms with E-state index in [-0.39, 0.29) is 18.3 Å². The summed E-state index contributed by atoms with van der Waals surface area (Å²) in [5.74, 6) is 1.49. The molecular formula is C25H25BrClN5O4. The summed E-state index contributed by atoms with van der Waals surface area (Å²) in [7, 11) is 3.20. The minimum absolute atomic E-state index is 0.107. The molecule has 0 bridgehead atoms. The van der Waals surface area contributed by atoms with Gasteiger partial charge in [-0.2, -0.15) is 10.2 Å². The van der Waals surface area contributed by atoms with E-state index >= 15 is 0 Å². The Balaban J connectivity index is 1.43. The molecule has 0 saturated carbocycles. The number of amides is 1. The first-order valence-electron chi connectivity index (χ1n) is 11.0. The lowest BCUT2D eigenvalue weighted by molar-refractivity contribution is 0.102. The van der Waals surface area contributed by atoms with Gasteiger partial charge in [-0.1, -0.05) is 33.6 Å². The van der Waals surface area contributed by atoms with Gasteiger partial charge in [-0.15, -0.1) is 0 Å². The van der Waals surface area contributed by atoms with Crippen molar-refractivity contribution in [2.24, 2.45) is 0 Å². The molecule has 0 atom stereocenters. The monoisotopic (exact) mass is 573 g/mol. The lowest BCUT2D eigenvalue weighted by Crippen LogP contribution is -2.15. The summed E-state index contributed by atoms with van der Waals surface area (Å²) in [5.41, 5.74) is 3.41. The largest absolute Gasteiger partial charge is 0.493 e. The first kappa shape index (κ1) is 25.6. The molecular weight excluding hydrogens is 550 g/mol. The molecule has 0 aliphatic carbocycles. The number of methoxy groups -OCH3 is 2. The Bertz CT molecular complexity index is 1400. The van der Waals surface area contributed by atoms with Crippen molar-refractivity contribution in [1.82, 2.24) is 19.6 Å². The molecule has 0 aliphatic rings. The Morgan fingerprint density at radius 3 is 2.50 bits per heavy atom. The summed E-state index contributed by atoms with van der Waals surface area (Å²) in [6, 6.07) is 12.7. The predicted molar refractivity (Wildman–Crippen MR) is 140 cm³/mol. The maximum Gasteiger partial charge on any atom is 0.276 e. The third-order valence-electron chi connectivity index (χ3n) is 5.52. The molecule has 0 aliphatic heterocycles. The Hall–Kier alpha value is -3.50. The van der Waals surface area contributed by atoms with E-state index in [9.17, 15) is 4.79 Å². The van der Waals surface area contributed by atoms with Gasteiger partial charge >= 0.3 is 0 Å². The molecule has 4 aromatic rings. The highest BCUT2D eigenvalue weighted by Gasteiger charge is 2.18. The number of nitrogens with one attached hydrogen (secondary N) is 1. The summed E-state index contributed by atoms with van der Waals surface area (Å²) in [5, 5.41) is 12.3. The Morgan fingerprint density at radius 1 is 1.03 bits per heavy atom. The highest BCUT2D eigenvalue weighted by Crippen LogP contribution is 2.29. The Morgan fingerprint density at radius 2 is 1.78 bits per heavy atom. The van der Waals surface area contributed by atoms with Gasteiger partial charge in [0.05, 0.1) is 42.9 Å². The molecule has 2 aromatic carbocycles. The van der Waals surface area contributed by atoms with Crippen molar-refractivity contribution in [3.8, 4) is 17.2 Å². The molecule has 188 valence electrons. The van der Waals surface area contributed by atoms with E-state index in [1.54, 1.807) is 38.6 Å². The summed E-state index contributed by atoms with van der Waals surface area (Å²) in [6.45, 7) is 4.37. The zero-order valence-electron chi connectivity index (χ0n) is 20.2. The average Bonchev–Trinajstić information content (AvgIpc) is 3.44. The van der Waals surface area contributed by atoms with E-state index in [0.717, 1.165) is 15.7 Å². The summed E-state index contributed by atoms with van der Waals surface area (Å²) < 4.78 is 20.6. The van der Waals surface area contributed by atoms with E-state index in [4.69, 9.17) is 25.8 Å². The zero-order chi connectivity index (χ0) is 25.8. The topological polar surface area (TPSA) is 92.4 Å². The number of aryl methyl sites for hydroxylation is 1. The molecule has 36 heavy (non-hydrogen) atoms. The van der Waals surface area contributed by atoms with Crippen LogP contribution < -0.4 is 19.5 Å². The molecule has 1 N–H and O–H groups in total. The van der Waals surface area contributed by atoms with Crippen LogP contribution >= 0.6 is 27.5 Å². The number of anilines is 1. The molecule has 0 radical (unpaired) electrons. The number of nitrogens with zero attached hydrogens (tertiary/aromatic N) is 4. The predicted octanol–water partition coefficient (Wildman–Crippen LogP) is 5.47. The smallest absolute Gasteiger partial charge is 0.276 e. The van der Waals surface area contributed by atoms with Crippen molar-refractivity contribution in [3.05, 3.63) is 80.8 Å². The van der Waals surface area contributed by atoms with Gasteiger partial charge in [0.2, 0.25) is 0 Å². The molecule has 2 heterocycles. The van der Waals surface area contributed by atoms with Gasteiger partial charge in [-0.05, 0) is 55.8 Å². The lowest BCUT2D eigenvalue weighted by atomic mass is 10.2. The number of benzene rings is 2. The molecule has 2 aromatic heterocycles.